The number of rotatable bonds is 2. The van der Waals surface area contributed by atoms with Crippen LogP contribution in [-0.4, -0.2) is 37.3 Å². The molecule has 0 aromatic carbocycles. The van der Waals surface area contributed by atoms with Crippen molar-refractivity contribution in [3.8, 4) is 0 Å². The van der Waals surface area contributed by atoms with Gasteiger partial charge in [0.05, 0.1) is 0 Å². The molecule has 0 saturated carbocycles. The van der Waals surface area contributed by atoms with Gasteiger partial charge in [0.15, 0.2) is 0 Å². The fourth-order valence-corrected chi connectivity index (χ4v) is 1.57. The van der Waals surface area contributed by atoms with Crippen molar-refractivity contribution in [2.75, 3.05) is 32.1 Å². The molecule has 5 nitrogen and oxygen atoms in total. The molecular weight excluding hydrogens is 228 g/mol. The third-order valence-corrected chi connectivity index (χ3v) is 2.36. The minimum atomic E-state index is 0. The summed E-state index contributed by atoms with van der Waals surface area (Å²) in [5.74, 6) is 1.75. The lowest BCUT2D eigenvalue weighted by Crippen LogP contribution is -2.27. The maximum Gasteiger partial charge on any atom is 0.265 e. The molecule has 1 aliphatic heterocycles. The lowest BCUT2D eigenvalue weighted by molar-refractivity contribution is 0.403. The number of hydrogen-bond acceptors (Lipinski definition) is 5. The number of nitrogens with one attached hydrogen (secondary N) is 1. The molecule has 2 heterocycles. The summed E-state index contributed by atoms with van der Waals surface area (Å²) >= 11 is 0. The Morgan fingerprint density at radius 3 is 2.81 bits per heavy atom. The van der Waals surface area contributed by atoms with E-state index >= 15 is 0 Å². The molecule has 1 aliphatic rings. The Kier molecular flexibility index (Phi) is 4.32. The van der Waals surface area contributed by atoms with E-state index in [9.17, 15) is 0 Å². The van der Waals surface area contributed by atoms with Crippen LogP contribution in [0.25, 0.3) is 5.57 Å². The molecule has 1 N–H and O–H groups in total. The van der Waals surface area contributed by atoms with Crippen LogP contribution >= 0.6 is 12.4 Å². The van der Waals surface area contributed by atoms with E-state index in [1.165, 1.54) is 0 Å². The number of hydrogen-bond donors (Lipinski definition) is 1. The molecular formula is C10H17ClN4O. The first-order valence-electron chi connectivity index (χ1n) is 5.09. The molecule has 0 saturated heterocycles. The highest BCUT2D eigenvalue weighted by Crippen LogP contribution is 2.19. The zero-order chi connectivity index (χ0) is 10.8. The van der Waals surface area contributed by atoms with Gasteiger partial charge >= 0.3 is 0 Å². The zero-order valence-corrected chi connectivity index (χ0v) is 10.5. The summed E-state index contributed by atoms with van der Waals surface area (Å²) < 4.78 is 5.20. The molecule has 6 heteroatoms. The van der Waals surface area contributed by atoms with Gasteiger partial charge in [-0.3, -0.25) is 0 Å². The summed E-state index contributed by atoms with van der Waals surface area (Å²) in [6, 6.07) is 0. The molecule has 1 atom stereocenters. The molecule has 90 valence electrons. The summed E-state index contributed by atoms with van der Waals surface area (Å²) in [5.41, 5.74) is 1.09. The van der Waals surface area contributed by atoms with Crippen molar-refractivity contribution in [1.29, 1.82) is 0 Å². The first kappa shape index (κ1) is 13.0. The Balaban J connectivity index is 0.00000128. The van der Waals surface area contributed by atoms with E-state index in [0.29, 0.717) is 17.8 Å². The second kappa shape index (κ2) is 5.32. The molecule has 0 radical (unpaired) electrons. The van der Waals surface area contributed by atoms with Crippen LogP contribution in [0, 0.1) is 5.92 Å². The van der Waals surface area contributed by atoms with Crippen molar-refractivity contribution in [2.24, 2.45) is 5.92 Å². The normalized spacial score (nSPS) is 19.9. The highest BCUT2D eigenvalue weighted by Gasteiger charge is 2.16. The standard InChI is InChI=1S/C10H16N4O.ClH/c1-7-4-8(6-11-5-7)9-12-10(13-15-9)14(2)3;/h4,7,11H,5-6H2,1-3H3;1H. The van der Waals surface area contributed by atoms with Crippen molar-refractivity contribution in [3.63, 3.8) is 0 Å². The summed E-state index contributed by atoms with van der Waals surface area (Å²) in [6.07, 6.45) is 2.18. The van der Waals surface area contributed by atoms with Crippen LogP contribution < -0.4 is 10.2 Å². The van der Waals surface area contributed by atoms with Crippen LogP contribution in [0.2, 0.25) is 0 Å². The van der Waals surface area contributed by atoms with Gasteiger partial charge in [-0.25, -0.2) is 0 Å². The maximum absolute atomic E-state index is 5.20. The topological polar surface area (TPSA) is 54.2 Å². The van der Waals surface area contributed by atoms with E-state index in [4.69, 9.17) is 4.52 Å². The number of aromatic nitrogens is 2. The van der Waals surface area contributed by atoms with Crippen LogP contribution in [0.5, 0.6) is 0 Å². The van der Waals surface area contributed by atoms with Crippen molar-refractivity contribution >= 4 is 23.9 Å². The van der Waals surface area contributed by atoms with Gasteiger partial charge in [0.1, 0.15) is 0 Å². The second-order valence-corrected chi connectivity index (χ2v) is 4.09. The molecule has 0 bridgehead atoms. The molecule has 0 fully saturated rings. The van der Waals surface area contributed by atoms with Crippen molar-refractivity contribution in [1.82, 2.24) is 15.5 Å². The van der Waals surface area contributed by atoms with Gasteiger partial charge in [-0.05, 0) is 11.1 Å². The molecule has 0 aliphatic carbocycles. The van der Waals surface area contributed by atoms with E-state index < -0.39 is 0 Å². The van der Waals surface area contributed by atoms with Crippen LogP contribution in [0.1, 0.15) is 12.8 Å². The van der Waals surface area contributed by atoms with Gasteiger partial charge in [-0.1, -0.05) is 13.0 Å². The van der Waals surface area contributed by atoms with Crippen molar-refractivity contribution < 1.29 is 4.52 Å². The van der Waals surface area contributed by atoms with Gasteiger partial charge in [0.25, 0.3) is 11.8 Å². The highest BCUT2D eigenvalue weighted by molar-refractivity contribution is 5.85. The smallest absolute Gasteiger partial charge is 0.265 e. The van der Waals surface area contributed by atoms with Gasteiger partial charge in [0.2, 0.25) is 0 Å². The average molecular weight is 245 g/mol. The fraction of sp³-hybridized carbons (Fsp3) is 0.600. The summed E-state index contributed by atoms with van der Waals surface area (Å²) in [4.78, 5) is 6.13. The fourth-order valence-electron chi connectivity index (χ4n) is 1.57. The predicted molar refractivity (Wildman–Crippen MR) is 65.9 cm³/mol. The predicted octanol–water partition coefficient (Wildman–Crippen LogP) is 1.18. The van der Waals surface area contributed by atoms with Crippen LogP contribution in [0.4, 0.5) is 5.95 Å². The van der Waals surface area contributed by atoms with E-state index in [-0.39, 0.29) is 12.4 Å². The Morgan fingerprint density at radius 1 is 1.50 bits per heavy atom. The molecule has 2 rings (SSSR count). The average Bonchev–Trinajstić information content (AvgIpc) is 2.66. The van der Waals surface area contributed by atoms with E-state index in [0.717, 1.165) is 18.7 Å². The first-order valence-corrected chi connectivity index (χ1v) is 5.09. The van der Waals surface area contributed by atoms with Crippen LogP contribution in [0.3, 0.4) is 0 Å². The summed E-state index contributed by atoms with van der Waals surface area (Å²) in [5, 5.41) is 7.20. The largest absolute Gasteiger partial charge is 0.344 e. The third-order valence-electron chi connectivity index (χ3n) is 2.36. The third kappa shape index (κ3) is 2.74. The minimum Gasteiger partial charge on any atom is -0.344 e. The summed E-state index contributed by atoms with van der Waals surface area (Å²) in [6.45, 7) is 3.98. The number of anilines is 1. The molecule has 1 aromatic heterocycles. The lowest BCUT2D eigenvalue weighted by Gasteiger charge is -2.16. The van der Waals surface area contributed by atoms with E-state index in [2.05, 4.69) is 28.5 Å². The Bertz CT molecular complexity index is 375. The van der Waals surface area contributed by atoms with Gasteiger partial charge in [-0.2, -0.15) is 4.98 Å². The zero-order valence-electron chi connectivity index (χ0n) is 9.73. The summed E-state index contributed by atoms with van der Waals surface area (Å²) in [7, 11) is 3.79. The molecule has 0 amide bonds. The Hall–Kier alpha value is -1.07. The number of nitrogens with zero attached hydrogens (tertiary/aromatic N) is 3. The van der Waals surface area contributed by atoms with Gasteiger partial charge in [0, 0.05) is 32.8 Å². The Morgan fingerprint density at radius 2 is 2.25 bits per heavy atom. The monoisotopic (exact) mass is 244 g/mol. The molecule has 1 aromatic rings. The molecule has 1 unspecified atom stereocenters. The highest BCUT2D eigenvalue weighted by atomic mass is 35.5. The van der Waals surface area contributed by atoms with Gasteiger partial charge in [-0.15, -0.1) is 12.4 Å². The van der Waals surface area contributed by atoms with Crippen molar-refractivity contribution in [3.05, 3.63) is 12.0 Å². The van der Waals surface area contributed by atoms with Crippen LogP contribution in [0.15, 0.2) is 10.6 Å². The molecule has 0 spiro atoms. The van der Waals surface area contributed by atoms with E-state index in [1.807, 2.05) is 19.0 Å². The second-order valence-electron chi connectivity index (χ2n) is 4.09. The SMILES string of the molecule is CC1C=C(c2nc(N(C)C)no2)CNC1.Cl. The van der Waals surface area contributed by atoms with E-state index in [1.54, 1.807) is 0 Å². The quantitative estimate of drug-likeness (QED) is 0.847. The van der Waals surface area contributed by atoms with Gasteiger partial charge < -0.3 is 14.7 Å². The van der Waals surface area contributed by atoms with Crippen molar-refractivity contribution in [2.45, 2.75) is 6.92 Å². The maximum atomic E-state index is 5.20. The lowest BCUT2D eigenvalue weighted by atomic mass is 10.0. The Labute approximate surface area is 101 Å². The number of halogens is 1. The minimum absolute atomic E-state index is 0. The first-order chi connectivity index (χ1) is 7.16. The van der Waals surface area contributed by atoms with Crippen LogP contribution in [-0.2, 0) is 0 Å². The molecule has 16 heavy (non-hydrogen) atoms.